The van der Waals surface area contributed by atoms with Gasteiger partial charge in [-0.2, -0.15) is 0 Å². The molecule has 0 bridgehead atoms. The summed E-state index contributed by atoms with van der Waals surface area (Å²) in [6, 6.07) is 0.192. The highest BCUT2D eigenvalue weighted by Crippen LogP contribution is 2.31. The zero-order chi connectivity index (χ0) is 22.7. The van der Waals surface area contributed by atoms with E-state index in [-0.39, 0.29) is 47.6 Å². The minimum atomic E-state index is -0.395. The third-order valence-corrected chi connectivity index (χ3v) is 7.58. The number of nitrogens with two attached hydrogens (primary N) is 2. The van der Waals surface area contributed by atoms with Crippen molar-refractivity contribution in [1.82, 2.24) is 25.8 Å². The summed E-state index contributed by atoms with van der Waals surface area (Å²) in [7, 11) is 0. The maximum Gasteiger partial charge on any atom is 0.225 e. The van der Waals surface area contributed by atoms with E-state index in [2.05, 4.69) is 20.9 Å². The first-order chi connectivity index (χ1) is 15.4. The van der Waals surface area contributed by atoms with E-state index in [1.807, 2.05) is 4.90 Å². The number of nitrogens with one attached hydrogen (secondary N) is 3. The zero-order valence-corrected chi connectivity index (χ0v) is 19.4. The molecule has 4 fully saturated rings. The summed E-state index contributed by atoms with van der Waals surface area (Å²) >= 11 is 6.59. The number of likely N-dealkylation sites (tertiary alicyclic amines) is 1. The maximum absolute atomic E-state index is 13.1. The number of hydrogen-bond donors (Lipinski definition) is 5. The molecular formula is C21H38ClN7O3. The zero-order valence-electron chi connectivity index (χ0n) is 18.7. The van der Waals surface area contributed by atoms with Crippen LogP contribution in [0.15, 0.2) is 0 Å². The first-order valence-electron chi connectivity index (χ1n) is 12.0. The van der Waals surface area contributed by atoms with Crippen LogP contribution in [0.3, 0.4) is 0 Å². The summed E-state index contributed by atoms with van der Waals surface area (Å²) < 4.78 is 5.38. The number of primary amides is 1. The number of carbonyl (C=O) groups excluding carboxylic acids is 2. The second-order valence-electron chi connectivity index (χ2n) is 9.66. The number of alkyl halides is 1. The van der Waals surface area contributed by atoms with E-state index < -0.39 is 5.92 Å². The van der Waals surface area contributed by atoms with E-state index in [4.69, 9.17) is 27.8 Å². The molecule has 7 atom stereocenters. The second kappa shape index (κ2) is 10.9. The van der Waals surface area contributed by atoms with Crippen molar-refractivity contribution in [2.75, 3.05) is 45.9 Å². The fourth-order valence-electron chi connectivity index (χ4n) is 5.52. The van der Waals surface area contributed by atoms with Gasteiger partial charge in [-0.15, -0.1) is 11.6 Å². The van der Waals surface area contributed by atoms with Gasteiger partial charge in [0.15, 0.2) is 0 Å². The monoisotopic (exact) mass is 471 g/mol. The topological polar surface area (TPSA) is 138 Å². The van der Waals surface area contributed by atoms with E-state index in [0.717, 1.165) is 32.4 Å². The molecule has 0 aromatic heterocycles. The van der Waals surface area contributed by atoms with E-state index in [1.165, 1.54) is 0 Å². The van der Waals surface area contributed by atoms with E-state index >= 15 is 0 Å². The molecule has 6 unspecified atom stereocenters. The first-order valence-corrected chi connectivity index (χ1v) is 12.4. The van der Waals surface area contributed by atoms with Crippen molar-refractivity contribution in [1.29, 1.82) is 0 Å². The third kappa shape index (κ3) is 5.91. The van der Waals surface area contributed by atoms with Gasteiger partial charge in [-0.1, -0.05) is 0 Å². The highest BCUT2D eigenvalue weighted by Gasteiger charge is 2.40. The van der Waals surface area contributed by atoms with Crippen LogP contribution in [0.4, 0.5) is 0 Å². The van der Waals surface area contributed by atoms with Crippen LogP contribution in [0.1, 0.15) is 32.1 Å². The summed E-state index contributed by atoms with van der Waals surface area (Å²) in [6.45, 7) is 4.71. The van der Waals surface area contributed by atoms with Gasteiger partial charge in [0.2, 0.25) is 11.8 Å². The van der Waals surface area contributed by atoms with Crippen LogP contribution in [-0.4, -0.2) is 97.5 Å². The number of ether oxygens (including phenoxy) is 1. The average molecular weight is 472 g/mol. The molecule has 3 heterocycles. The molecule has 3 aliphatic heterocycles. The van der Waals surface area contributed by atoms with Crippen LogP contribution in [0.25, 0.3) is 0 Å². The van der Waals surface area contributed by atoms with Crippen LogP contribution in [0.5, 0.6) is 0 Å². The van der Waals surface area contributed by atoms with Gasteiger partial charge in [0.1, 0.15) is 6.29 Å². The van der Waals surface area contributed by atoms with Crippen molar-refractivity contribution in [3.8, 4) is 0 Å². The van der Waals surface area contributed by atoms with Crippen molar-refractivity contribution in [2.45, 2.75) is 62.0 Å². The van der Waals surface area contributed by atoms with Gasteiger partial charge in [0.25, 0.3) is 0 Å². The molecule has 1 saturated carbocycles. The van der Waals surface area contributed by atoms with E-state index in [9.17, 15) is 9.59 Å². The number of rotatable bonds is 5. The number of amides is 2. The fourth-order valence-corrected chi connectivity index (χ4v) is 5.95. The summed E-state index contributed by atoms with van der Waals surface area (Å²) in [4.78, 5) is 29.4. The number of hydrogen-bond acceptors (Lipinski definition) is 8. The van der Waals surface area contributed by atoms with Crippen LogP contribution < -0.4 is 27.4 Å². The Morgan fingerprint density at radius 2 is 1.91 bits per heavy atom. The van der Waals surface area contributed by atoms with Crippen molar-refractivity contribution in [3.05, 3.63) is 0 Å². The van der Waals surface area contributed by atoms with Gasteiger partial charge in [-0.25, -0.2) is 0 Å². The quantitative estimate of drug-likeness (QED) is 0.307. The molecule has 182 valence electrons. The lowest BCUT2D eigenvalue weighted by Crippen LogP contribution is -2.72. The molecule has 0 radical (unpaired) electrons. The summed E-state index contributed by atoms with van der Waals surface area (Å²) in [6.07, 6.45) is 3.87. The Hall–Kier alpha value is -1.01. The second-order valence-corrected chi connectivity index (χ2v) is 10.3. The Balaban J connectivity index is 1.39. The largest absolute Gasteiger partial charge is 0.378 e. The molecular weight excluding hydrogens is 434 g/mol. The normalized spacial score (nSPS) is 39.6. The fraction of sp³-hybridized carbons (Fsp3) is 0.905. The molecule has 32 heavy (non-hydrogen) atoms. The predicted molar refractivity (Wildman–Crippen MR) is 121 cm³/mol. The first kappa shape index (κ1) is 24.1. The standard InChI is InChI=1S/C21H38ClN7O3/c22-14-8-13(20(31)28-4-6-32-7-5-28)9-16(10-14)26-19-17(18(24)30)11-25-21(27-19)29-3-1-2-15(23)12-29/h13-17,19,21,25-27H,1-12,23H2,(H2,24,30)/t13?,14?,15-,16?,17?,19?,21?/m0/s1. The number of carbonyl (C=O) groups is 2. The summed E-state index contributed by atoms with van der Waals surface area (Å²) in [5.74, 6) is -0.703. The SMILES string of the molecule is NC(=O)C1CNC(N2CCC[C@H](N)C2)NC1NC1CC(Cl)CC(C(=O)N2CCOCC2)C1. The molecule has 7 N–H and O–H groups in total. The highest BCUT2D eigenvalue weighted by atomic mass is 35.5. The Kier molecular flexibility index (Phi) is 8.25. The van der Waals surface area contributed by atoms with Crippen molar-refractivity contribution in [3.63, 3.8) is 0 Å². The number of piperidine rings is 1. The highest BCUT2D eigenvalue weighted by molar-refractivity contribution is 6.20. The number of nitrogens with zero attached hydrogens (tertiary/aromatic N) is 2. The van der Waals surface area contributed by atoms with Gasteiger partial charge in [-0.05, 0) is 32.1 Å². The minimum absolute atomic E-state index is 0.0305. The molecule has 4 aliphatic rings. The van der Waals surface area contributed by atoms with Crippen LogP contribution in [0.2, 0.25) is 0 Å². The maximum atomic E-state index is 13.1. The Morgan fingerprint density at radius 3 is 2.62 bits per heavy atom. The lowest BCUT2D eigenvalue weighted by atomic mass is 9.83. The Labute approximate surface area is 195 Å². The van der Waals surface area contributed by atoms with Crippen molar-refractivity contribution < 1.29 is 14.3 Å². The van der Waals surface area contributed by atoms with Gasteiger partial charge in [-0.3, -0.25) is 30.4 Å². The molecule has 0 aromatic rings. The van der Waals surface area contributed by atoms with Gasteiger partial charge in [0, 0.05) is 56.1 Å². The molecule has 3 saturated heterocycles. The molecule has 2 amide bonds. The Morgan fingerprint density at radius 1 is 1.12 bits per heavy atom. The van der Waals surface area contributed by atoms with Gasteiger partial charge < -0.3 is 21.1 Å². The molecule has 0 aromatic carbocycles. The molecule has 0 spiro atoms. The third-order valence-electron chi connectivity index (χ3n) is 7.23. The number of halogens is 1. The number of morpholine rings is 1. The van der Waals surface area contributed by atoms with Crippen molar-refractivity contribution in [2.24, 2.45) is 23.3 Å². The van der Waals surface area contributed by atoms with E-state index in [1.54, 1.807) is 0 Å². The van der Waals surface area contributed by atoms with Gasteiger partial charge in [0.05, 0.1) is 25.3 Å². The van der Waals surface area contributed by atoms with Gasteiger partial charge >= 0.3 is 0 Å². The lowest BCUT2D eigenvalue weighted by Gasteiger charge is -2.46. The lowest BCUT2D eigenvalue weighted by molar-refractivity contribution is -0.141. The van der Waals surface area contributed by atoms with Crippen LogP contribution in [0, 0.1) is 11.8 Å². The minimum Gasteiger partial charge on any atom is -0.378 e. The molecule has 11 heteroatoms. The molecule has 1 aliphatic carbocycles. The Bertz CT molecular complexity index is 665. The van der Waals surface area contributed by atoms with E-state index in [0.29, 0.717) is 45.7 Å². The van der Waals surface area contributed by atoms with Crippen molar-refractivity contribution >= 4 is 23.4 Å². The van der Waals surface area contributed by atoms with Crippen LogP contribution >= 0.6 is 11.6 Å². The smallest absolute Gasteiger partial charge is 0.225 e. The van der Waals surface area contributed by atoms with Crippen LogP contribution in [-0.2, 0) is 14.3 Å². The molecule has 4 rings (SSSR count). The summed E-state index contributed by atoms with van der Waals surface area (Å²) in [5, 5.41) is 10.5. The molecule has 10 nitrogen and oxygen atoms in total. The summed E-state index contributed by atoms with van der Waals surface area (Å²) in [5.41, 5.74) is 11.9. The predicted octanol–water partition coefficient (Wildman–Crippen LogP) is -1.46. The average Bonchev–Trinajstić information content (AvgIpc) is 2.78.